The Balaban J connectivity index is 1.37. The monoisotopic (exact) mass is 385 g/mol. The molecule has 148 valence electrons. The molecule has 7 nitrogen and oxygen atoms in total. The molecule has 1 aromatic carbocycles. The lowest BCUT2D eigenvalue weighted by Gasteiger charge is -2.39. The quantitative estimate of drug-likeness (QED) is 0.787. The summed E-state index contributed by atoms with van der Waals surface area (Å²) in [6.45, 7) is 4.05. The van der Waals surface area contributed by atoms with Crippen LogP contribution < -0.4 is 0 Å². The lowest BCUT2D eigenvalue weighted by molar-refractivity contribution is -0.142. The van der Waals surface area contributed by atoms with Crippen LogP contribution >= 0.6 is 0 Å². The Labute approximate surface area is 163 Å². The van der Waals surface area contributed by atoms with E-state index in [2.05, 4.69) is 10.00 Å². The zero-order valence-corrected chi connectivity index (χ0v) is 15.7. The Hall–Kier alpha value is -2.74. The number of benzene rings is 1. The van der Waals surface area contributed by atoms with Crippen LogP contribution in [-0.2, 0) is 22.7 Å². The number of amides is 2. The van der Waals surface area contributed by atoms with Crippen molar-refractivity contribution in [2.45, 2.75) is 25.6 Å². The molecule has 2 amide bonds. The molecule has 1 atom stereocenters. The van der Waals surface area contributed by atoms with E-state index in [0.717, 1.165) is 12.1 Å². The van der Waals surface area contributed by atoms with E-state index < -0.39 is 0 Å². The Kier molecular flexibility index (Phi) is 5.38. The zero-order chi connectivity index (χ0) is 19.5. The van der Waals surface area contributed by atoms with Gasteiger partial charge in [-0.15, -0.1) is 0 Å². The van der Waals surface area contributed by atoms with E-state index in [1.807, 2.05) is 9.80 Å². The number of rotatable bonds is 4. The third-order valence-corrected chi connectivity index (χ3v) is 5.52. The van der Waals surface area contributed by atoms with E-state index in [-0.39, 0.29) is 30.2 Å². The molecule has 2 aliphatic rings. The summed E-state index contributed by atoms with van der Waals surface area (Å²) in [5.41, 5.74) is 0.924. The number of piperazine rings is 1. The summed E-state index contributed by atoms with van der Waals surface area (Å²) in [5.74, 6) is -0.153. The summed E-state index contributed by atoms with van der Waals surface area (Å²) in [7, 11) is 0. The highest BCUT2D eigenvalue weighted by Crippen LogP contribution is 2.20. The molecular weight excluding hydrogens is 361 g/mol. The van der Waals surface area contributed by atoms with Gasteiger partial charge in [0.25, 0.3) is 0 Å². The molecule has 0 saturated carbocycles. The first-order valence-corrected chi connectivity index (χ1v) is 9.62. The van der Waals surface area contributed by atoms with Crippen molar-refractivity contribution >= 4 is 11.8 Å². The van der Waals surface area contributed by atoms with E-state index in [1.54, 1.807) is 35.3 Å². The van der Waals surface area contributed by atoms with Crippen molar-refractivity contribution in [3.8, 4) is 0 Å². The number of aromatic nitrogens is 2. The molecule has 0 aliphatic carbocycles. The van der Waals surface area contributed by atoms with E-state index in [0.29, 0.717) is 39.1 Å². The van der Waals surface area contributed by atoms with Crippen molar-refractivity contribution in [2.75, 3.05) is 32.7 Å². The van der Waals surface area contributed by atoms with Crippen LogP contribution in [0.5, 0.6) is 0 Å². The summed E-state index contributed by atoms with van der Waals surface area (Å²) < 4.78 is 14.7. The van der Waals surface area contributed by atoms with Gasteiger partial charge >= 0.3 is 0 Å². The average molecular weight is 385 g/mol. The standard InChI is InChI=1S/C20H24FN5O2/c21-17-4-2-16(3-5-17)14-25-13-11-23-10-12-24(9-6-18(23)20(25)28)19(27)15-26-8-1-7-22-26/h1-5,7-8,18H,6,9-15H2. The van der Waals surface area contributed by atoms with Crippen molar-refractivity contribution in [1.29, 1.82) is 0 Å². The van der Waals surface area contributed by atoms with Gasteiger partial charge in [0.1, 0.15) is 12.4 Å². The van der Waals surface area contributed by atoms with E-state index in [4.69, 9.17) is 0 Å². The van der Waals surface area contributed by atoms with Crippen LogP contribution in [-0.4, -0.2) is 75.1 Å². The molecule has 2 aromatic rings. The minimum Gasteiger partial charge on any atom is -0.340 e. The number of carbonyl (C=O) groups excluding carboxylic acids is 2. The van der Waals surface area contributed by atoms with Crippen LogP contribution in [0.1, 0.15) is 12.0 Å². The summed E-state index contributed by atoms with van der Waals surface area (Å²) in [5, 5.41) is 4.09. The highest BCUT2D eigenvalue weighted by molar-refractivity contribution is 5.83. The van der Waals surface area contributed by atoms with Gasteiger partial charge in [0.05, 0.1) is 6.04 Å². The van der Waals surface area contributed by atoms with Crippen molar-refractivity contribution in [2.24, 2.45) is 0 Å². The Morgan fingerprint density at radius 3 is 2.64 bits per heavy atom. The smallest absolute Gasteiger partial charge is 0.244 e. The van der Waals surface area contributed by atoms with Crippen molar-refractivity contribution in [3.05, 3.63) is 54.1 Å². The second kappa shape index (κ2) is 8.10. The van der Waals surface area contributed by atoms with Gasteiger partial charge in [-0.05, 0) is 30.2 Å². The second-order valence-corrected chi connectivity index (χ2v) is 7.31. The molecular formula is C20H24FN5O2. The number of hydrogen-bond donors (Lipinski definition) is 0. The van der Waals surface area contributed by atoms with Gasteiger partial charge in [-0.1, -0.05) is 12.1 Å². The fraction of sp³-hybridized carbons (Fsp3) is 0.450. The van der Waals surface area contributed by atoms with Gasteiger partial charge < -0.3 is 9.80 Å². The molecule has 3 heterocycles. The third kappa shape index (κ3) is 4.06. The molecule has 2 fully saturated rings. The minimum absolute atomic E-state index is 0.0270. The zero-order valence-electron chi connectivity index (χ0n) is 15.7. The summed E-state index contributed by atoms with van der Waals surface area (Å²) in [4.78, 5) is 31.4. The Bertz CT molecular complexity index is 824. The Morgan fingerprint density at radius 1 is 1.11 bits per heavy atom. The number of fused-ring (bicyclic) bond motifs is 1. The number of nitrogens with zero attached hydrogens (tertiary/aromatic N) is 5. The van der Waals surface area contributed by atoms with E-state index in [1.165, 1.54) is 12.1 Å². The summed E-state index contributed by atoms with van der Waals surface area (Å²) >= 11 is 0. The maximum absolute atomic E-state index is 13.1. The number of halogens is 1. The van der Waals surface area contributed by atoms with Gasteiger partial charge in [-0.3, -0.25) is 19.2 Å². The normalized spacial score (nSPS) is 20.8. The van der Waals surface area contributed by atoms with Gasteiger partial charge in [0.2, 0.25) is 11.8 Å². The lowest BCUT2D eigenvalue weighted by atomic mass is 10.1. The predicted molar refractivity (Wildman–Crippen MR) is 101 cm³/mol. The highest BCUT2D eigenvalue weighted by atomic mass is 19.1. The molecule has 8 heteroatoms. The number of hydrogen-bond acceptors (Lipinski definition) is 4. The average Bonchev–Trinajstić information content (AvgIpc) is 3.09. The molecule has 1 aromatic heterocycles. The molecule has 0 radical (unpaired) electrons. The topological polar surface area (TPSA) is 61.7 Å². The summed E-state index contributed by atoms with van der Waals surface area (Å²) in [6.07, 6.45) is 4.06. The van der Waals surface area contributed by atoms with Gasteiger partial charge in [-0.25, -0.2) is 4.39 Å². The van der Waals surface area contributed by atoms with Crippen LogP contribution in [0.3, 0.4) is 0 Å². The van der Waals surface area contributed by atoms with Crippen LogP contribution in [0.4, 0.5) is 4.39 Å². The van der Waals surface area contributed by atoms with Gasteiger partial charge in [0.15, 0.2) is 0 Å². The van der Waals surface area contributed by atoms with Crippen LogP contribution in [0.25, 0.3) is 0 Å². The highest BCUT2D eigenvalue weighted by Gasteiger charge is 2.37. The van der Waals surface area contributed by atoms with Crippen LogP contribution in [0, 0.1) is 5.82 Å². The SMILES string of the molecule is O=C(Cn1cccn1)N1CCC2C(=O)N(Cc3ccc(F)cc3)CCN2CC1. The third-order valence-electron chi connectivity index (χ3n) is 5.52. The molecule has 0 bridgehead atoms. The maximum atomic E-state index is 13.1. The second-order valence-electron chi connectivity index (χ2n) is 7.31. The van der Waals surface area contributed by atoms with Crippen molar-refractivity contribution in [3.63, 3.8) is 0 Å². The van der Waals surface area contributed by atoms with E-state index >= 15 is 0 Å². The fourth-order valence-corrected chi connectivity index (χ4v) is 3.94. The molecule has 28 heavy (non-hydrogen) atoms. The Morgan fingerprint density at radius 2 is 1.89 bits per heavy atom. The summed E-state index contributed by atoms with van der Waals surface area (Å²) in [6, 6.07) is 7.88. The first kappa shape index (κ1) is 18.6. The fourth-order valence-electron chi connectivity index (χ4n) is 3.94. The molecule has 1 unspecified atom stereocenters. The number of carbonyl (C=O) groups is 2. The first-order chi connectivity index (χ1) is 13.6. The largest absolute Gasteiger partial charge is 0.340 e. The minimum atomic E-state index is -0.275. The van der Waals surface area contributed by atoms with Crippen molar-refractivity contribution < 1.29 is 14.0 Å². The molecule has 4 rings (SSSR count). The first-order valence-electron chi connectivity index (χ1n) is 9.62. The van der Waals surface area contributed by atoms with E-state index in [9.17, 15) is 14.0 Å². The molecule has 0 N–H and O–H groups in total. The predicted octanol–water partition coefficient (Wildman–Crippen LogP) is 0.967. The van der Waals surface area contributed by atoms with Gasteiger partial charge in [0, 0.05) is 51.7 Å². The lowest BCUT2D eigenvalue weighted by Crippen LogP contribution is -2.56. The van der Waals surface area contributed by atoms with Crippen LogP contribution in [0.2, 0.25) is 0 Å². The van der Waals surface area contributed by atoms with Crippen LogP contribution in [0.15, 0.2) is 42.7 Å². The molecule has 2 saturated heterocycles. The maximum Gasteiger partial charge on any atom is 0.244 e. The molecule has 2 aliphatic heterocycles. The molecule has 0 spiro atoms. The van der Waals surface area contributed by atoms with Crippen molar-refractivity contribution in [1.82, 2.24) is 24.5 Å². The van der Waals surface area contributed by atoms with Gasteiger partial charge in [-0.2, -0.15) is 5.10 Å².